The van der Waals surface area contributed by atoms with Crippen LogP contribution in [0.15, 0.2) is 54.6 Å². The number of anilines is 1. The topological polar surface area (TPSA) is 71.2 Å². The van der Waals surface area contributed by atoms with Gasteiger partial charge in [0.05, 0.1) is 0 Å². The lowest BCUT2D eigenvalue weighted by atomic mass is 10.2. The van der Waals surface area contributed by atoms with E-state index in [2.05, 4.69) is 10.3 Å². The monoisotopic (exact) mass is 326 g/mol. The summed E-state index contributed by atoms with van der Waals surface area (Å²) < 4.78 is 18.3. The number of hydrogen-bond donors (Lipinski definition) is 2. The Labute approximate surface area is 137 Å². The zero-order valence-electron chi connectivity index (χ0n) is 12.9. The van der Waals surface area contributed by atoms with Gasteiger partial charge in [0.1, 0.15) is 11.5 Å². The first kappa shape index (κ1) is 15.7. The van der Waals surface area contributed by atoms with E-state index in [4.69, 9.17) is 4.74 Å². The quantitative estimate of drug-likeness (QED) is 0.721. The van der Waals surface area contributed by atoms with Gasteiger partial charge in [0.2, 0.25) is 0 Å². The highest BCUT2D eigenvalue weighted by atomic mass is 19.1. The summed E-state index contributed by atoms with van der Waals surface area (Å²) in [5.41, 5.74) is 1.37. The Bertz CT molecular complexity index is 871. The predicted octanol–water partition coefficient (Wildman–Crippen LogP) is 3.49. The molecule has 0 radical (unpaired) electrons. The predicted molar refractivity (Wildman–Crippen MR) is 88.2 cm³/mol. The summed E-state index contributed by atoms with van der Waals surface area (Å²) in [7, 11) is 0. The lowest BCUT2D eigenvalue weighted by Crippen LogP contribution is -2.30. The fraction of sp³-hybridized carbons (Fsp3) is 0.111. The minimum absolute atomic E-state index is 0.265. The average Bonchev–Trinajstić information content (AvgIpc) is 2.99. The Hall–Kier alpha value is -3.15. The Morgan fingerprint density at radius 2 is 1.92 bits per heavy atom. The van der Waals surface area contributed by atoms with Crippen molar-refractivity contribution in [1.29, 1.82) is 0 Å². The average molecular weight is 326 g/mol. The number of fused-ring (bicyclic) bond motifs is 1. The second-order valence-corrected chi connectivity index (χ2v) is 5.32. The molecule has 1 amide bonds. The van der Waals surface area contributed by atoms with Crippen molar-refractivity contribution in [3.05, 3.63) is 66.1 Å². The van der Waals surface area contributed by atoms with Crippen molar-refractivity contribution >= 4 is 28.5 Å². The van der Waals surface area contributed by atoms with Crippen LogP contribution >= 0.6 is 0 Å². The van der Waals surface area contributed by atoms with Gasteiger partial charge in [-0.1, -0.05) is 24.3 Å². The molecule has 0 aliphatic carbocycles. The van der Waals surface area contributed by atoms with E-state index in [1.54, 1.807) is 12.1 Å². The number of aromatic nitrogens is 1. The summed E-state index contributed by atoms with van der Waals surface area (Å²) in [5, 5.41) is 3.38. The number of amides is 1. The molecule has 0 fully saturated rings. The van der Waals surface area contributed by atoms with Gasteiger partial charge < -0.3 is 15.0 Å². The molecule has 3 aromatic rings. The molecule has 5 nitrogen and oxygen atoms in total. The first-order valence-corrected chi connectivity index (χ1v) is 7.38. The van der Waals surface area contributed by atoms with Crippen LogP contribution in [0.4, 0.5) is 10.1 Å². The van der Waals surface area contributed by atoms with Crippen LogP contribution < -0.4 is 5.32 Å². The van der Waals surface area contributed by atoms with Crippen molar-refractivity contribution in [2.45, 2.75) is 13.0 Å². The van der Waals surface area contributed by atoms with Gasteiger partial charge in [-0.25, -0.2) is 9.18 Å². The number of nitrogens with one attached hydrogen (secondary N) is 2. The molecule has 122 valence electrons. The Morgan fingerprint density at radius 1 is 1.12 bits per heavy atom. The van der Waals surface area contributed by atoms with Gasteiger partial charge in [-0.15, -0.1) is 0 Å². The molecule has 6 heteroatoms. The molecular formula is C18H15FN2O3. The molecule has 0 spiro atoms. The van der Waals surface area contributed by atoms with E-state index in [1.165, 1.54) is 25.1 Å². The molecule has 0 saturated heterocycles. The van der Waals surface area contributed by atoms with Crippen molar-refractivity contribution in [2.24, 2.45) is 0 Å². The van der Waals surface area contributed by atoms with E-state index in [0.29, 0.717) is 5.69 Å². The van der Waals surface area contributed by atoms with Gasteiger partial charge in [-0.05, 0) is 37.3 Å². The number of aromatic amines is 1. The third-order valence-electron chi connectivity index (χ3n) is 3.50. The summed E-state index contributed by atoms with van der Waals surface area (Å²) in [5.74, 6) is -1.63. The van der Waals surface area contributed by atoms with Crippen molar-refractivity contribution < 1.29 is 18.7 Å². The molecule has 0 aliphatic heterocycles. The van der Waals surface area contributed by atoms with E-state index >= 15 is 0 Å². The number of carbonyl (C=O) groups excluding carboxylic acids is 2. The molecule has 2 aromatic carbocycles. The van der Waals surface area contributed by atoms with E-state index in [9.17, 15) is 14.0 Å². The molecule has 1 heterocycles. The molecule has 24 heavy (non-hydrogen) atoms. The largest absolute Gasteiger partial charge is 0.448 e. The van der Waals surface area contributed by atoms with Crippen LogP contribution in [0.3, 0.4) is 0 Å². The van der Waals surface area contributed by atoms with Gasteiger partial charge in [-0.3, -0.25) is 4.79 Å². The first-order valence-electron chi connectivity index (χ1n) is 7.38. The Balaban J connectivity index is 1.65. The van der Waals surface area contributed by atoms with Crippen LogP contribution in [0.1, 0.15) is 17.4 Å². The number of benzene rings is 2. The molecule has 0 bridgehead atoms. The fourth-order valence-electron chi connectivity index (χ4n) is 2.27. The summed E-state index contributed by atoms with van der Waals surface area (Å²) in [6.45, 7) is 1.45. The van der Waals surface area contributed by atoms with Gasteiger partial charge >= 0.3 is 5.97 Å². The molecule has 1 atom stereocenters. The smallest absolute Gasteiger partial charge is 0.355 e. The lowest BCUT2D eigenvalue weighted by Gasteiger charge is -2.13. The maximum absolute atomic E-state index is 13.1. The molecular weight excluding hydrogens is 311 g/mol. The van der Waals surface area contributed by atoms with Crippen molar-refractivity contribution in [3.63, 3.8) is 0 Å². The van der Waals surface area contributed by atoms with Gasteiger partial charge in [0.25, 0.3) is 5.91 Å². The number of para-hydroxylation sites is 1. The highest BCUT2D eigenvalue weighted by molar-refractivity contribution is 5.98. The zero-order chi connectivity index (χ0) is 17.1. The molecule has 2 N–H and O–H groups in total. The van der Waals surface area contributed by atoms with Crippen LogP contribution in [0.5, 0.6) is 0 Å². The number of H-pyrrole nitrogens is 1. The Morgan fingerprint density at radius 3 is 2.67 bits per heavy atom. The Kier molecular flexibility index (Phi) is 4.29. The highest BCUT2D eigenvalue weighted by Gasteiger charge is 2.20. The standard InChI is InChI=1S/C18H15FN2O3/c1-11(17(22)20-14-7-4-6-13(19)10-14)24-18(23)16-9-12-5-2-3-8-15(12)21-16/h2-11,21H,1H3,(H,20,22)/t11-/m0/s1. The van der Waals surface area contributed by atoms with Crippen molar-refractivity contribution in [2.75, 3.05) is 5.32 Å². The SMILES string of the molecule is C[C@H](OC(=O)c1cc2ccccc2[nH]1)C(=O)Nc1cccc(F)c1. The number of rotatable bonds is 4. The van der Waals surface area contributed by atoms with E-state index in [-0.39, 0.29) is 5.69 Å². The first-order chi connectivity index (χ1) is 11.5. The van der Waals surface area contributed by atoms with Gasteiger partial charge in [0, 0.05) is 16.6 Å². The molecule has 0 saturated carbocycles. The summed E-state index contributed by atoms with van der Waals surface area (Å²) in [6, 6.07) is 14.6. The third kappa shape index (κ3) is 3.43. The third-order valence-corrected chi connectivity index (χ3v) is 3.50. The van der Waals surface area contributed by atoms with Crippen LogP contribution in [-0.4, -0.2) is 23.0 Å². The van der Waals surface area contributed by atoms with Crippen molar-refractivity contribution in [3.8, 4) is 0 Å². The normalized spacial score (nSPS) is 11.9. The van der Waals surface area contributed by atoms with Crippen LogP contribution in [0, 0.1) is 5.82 Å². The number of hydrogen-bond acceptors (Lipinski definition) is 3. The van der Waals surface area contributed by atoms with E-state index < -0.39 is 23.8 Å². The zero-order valence-corrected chi connectivity index (χ0v) is 12.9. The second kappa shape index (κ2) is 6.54. The minimum atomic E-state index is -1.02. The summed E-state index contributed by atoms with van der Waals surface area (Å²) in [6.07, 6.45) is -1.02. The summed E-state index contributed by atoms with van der Waals surface area (Å²) >= 11 is 0. The number of ether oxygens (including phenoxy) is 1. The van der Waals surface area contributed by atoms with E-state index in [1.807, 2.05) is 24.3 Å². The minimum Gasteiger partial charge on any atom is -0.448 e. The van der Waals surface area contributed by atoms with E-state index in [0.717, 1.165) is 10.9 Å². The van der Waals surface area contributed by atoms with Crippen LogP contribution in [0.25, 0.3) is 10.9 Å². The van der Waals surface area contributed by atoms with Gasteiger partial charge in [-0.2, -0.15) is 0 Å². The molecule has 0 unspecified atom stereocenters. The summed E-state index contributed by atoms with van der Waals surface area (Å²) in [4.78, 5) is 27.1. The molecule has 3 rings (SSSR count). The number of halogens is 1. The van der Waals surface area contributed by atoms with Gasteiger partial charge in [0.15, 0.2) is 6.10 Å². The van der Waals surface area contributed by atoms with Crippen LogP contribution in [0.2, 0.25) is 0 Å². The molecule has 1 aromatic heterocycles. The highest BCUT2D eigenvalue weighted by Crippen LogP contribution is 2.16. The number of carbonyl (C=O) groups is 2. The lowest BCUT2D eigenvalue weighted by molar-refractivity contribution is -0.123. The maximum Gasteiger partial charge on any atom is 0.355 e. The number of esters is 1. The van der Waals surface area contributed by atoms with Crippen LogP contribution in [-0.2, 0) is 9.53 Å². The molecule has 0 aliphatic rings. The second-order valence-electron chi connectivity index (χ2n) is 5.32. The fourth-order valence-corrected chi connectivity index (χ4v) is 2.27. The maximum atomic E-state index is 13.1. The van der Waals surface area contributed by atoms with Crippen molar-refractivity contribution in [1.82, 2.24) is 4.98 Å².